The Morgan fingerprint density at radius 2 is 2.27 bits per heavy atom. The van der Waals surface area contributed by atoms with E-state index in [2.05, 4.69) is 20.9 Å². The second kappa shape index (κ2) is 4.12. The van der Waals surface area contributed by atoms with Crippen LogP contribution < -0.4 is 0 Å². The van der Waals surface area contributed by atoms with Crippen molar-refractivity contribution in [3.05, 3.63) is 39.8 Å². The van der Waals surface area contributed by atoms with Crippen molar-refractivity contribution in [1.29, 1.82) is 0 Å². The zero-order valence-corrected chi connectivity index (χ0v) is 9.88. The number of nitrogens with zero attached hydrogens (tertiary/aromatic N) is 1. The van der Waals surface area contributed by atoms with Gasteiger partial charge in [-0.3, -0.25) is 4.98 Å². The molecule has 0 bridgehead atoms. The van der Waals surface area contributed by atoms with Crippen LogP contribution in [0.1, 0.15) is 10.4 Å². The summed E-state index contributed by atoms with van der Waals surface area (Å²) in [5.74, 6) is -0.936. The average molecular weight is 284 g/mol. The van der Waals surface area contributed by atoms with E-state index in [-0.39, 0.29) is 5.56 Å². The van der Waals surface area contributed by atoms with Gasteiger partial charge in [0, 0.05) is 16.0 Å². The molecule has 0 aliphatic heterocycles. The van der Waals surface area contributed by atoms with Crippen molar-refractivity contribution in [2.45, 2.75) is 0 Å². The maximum Gasteiger partial charge on any atom is 0.335 e. The van der Waals surface area contributed by atoms with Gasteiger partial charge in [-0.05, 0) is 34.1 Å². The topological polar surface area (TPSA) is 50.2 Å². The molecule has 2 rings (SSSR count). The van der Waals surface area contributed by atoms with Gasteiger partial charge in [-0.15, -0.1) is 11.3 Å². The Bertz CT molecular complexity index is 510. The van der Waals surface area contributed by atoms with Crippen molar-refractivity contribution in [2.75, 3.05) is 0 Å². The molecule has 0 unspecified atom stereocenters. The van der Waals surface area contributed by atoms with E-state index < -0.39 is 5.97 Å². The van der Waals surface area contributed by atoms with Gasteiger partial charge in [0.05, 0.1) is 16.1 Å². The standard InChI is InChI=1S/C10H6BrNO2S/c11-7-4-9(15-5-7)8-3-6(10(13)14)1-2-12-8/h1-5H,(H,13,14). The summed E-state index contributed by atoms with van der Waals surface area (Å²) in [5.41, 5.74) is 0.940. The van der Waals surface area contributed by atoms with Gasteiger partial charge in [0.1, 0.15) is 0 Å². The number of hydrogen-bond donors (Lipinski definition) is 1. The number of carbonyl (C=O) groups is 1. The maximum absolute atomic E-state index is 10.8. The van der Waals surface area contributed by atoms with Crippen LogP contribution in [0.4, 0.5) is 0 Å². The molecule has 76 valence electrons. The molecule has 0 aliphatic rings. The Morgan fingerprint density at radius 1 is 1.47 bits per heavy atom. The molecule has 1 N–H and O–H groups in total. The lowest BCUT2D eigenvalue weighted by molar-refractivity contribution is 0.0697. The van der Waals surface area contributed by atoms with Crippen LogP contribution in [0.15, 0.2) is 34.2 Å². The van der Waals surface area contributed by atoms with Crippen molar-refractivity contribution < 1.29 is 9.90 Å². The number of rotatable bonds is 2. The molecule has 0 aromatic carbocycles. The Balaban J connectivity index is 2.45. The van der Waals surface area contributed by atoms with Crippen LogP contribution in [0.3, 0.4) is 0 Å². The molecule has 0 radical (unpaired) electrons. The lowest BCUT2D eigenvalue weighted by Crippen LogP contribution is -1.96. The van der Waals surface area contributed by atoms with Crippen LogP contribution in [-0.2, 0) is 0 Å². The molecule has 2 aromatic heterocycles. The second-order valence-electron chi connectivity index (χ2n) is 2.86. The number of pyridine rings is 1. The van der Waals surface area contributed by atoms with Gasteiger partial charge in [0.25, 0.3) is 0 Å². The molecule has 0 atom stereocenters. The number of carboxylic acid groups (broad SMARTS) is 1. The molecule has 15 heavy (non-hydrogen) atoms. The van der Waals surface area contributed by atoms with Crippen molar-refractivity contribution in [1.82, 2.24) is 4.98 Å². The molecular formula is C10H6BrNO2S. The third-order valence-electron chi connectivity index (χ3n) is 1.83. The van der Waals surface area contributed by atoms with E-state index in [1.54, 1.807) is 6.07 Å². The molecule has 0 aliphatic carbocycles. The Morgan fingerprint density at radius 3 is 2.87 bits per heavy atom. The van der Waals surface area contributed by atoms with Crippen LogP contribution in [0, 0.1) is 0 Å². The van der Waals surface area contributed by atoms with Crippen LogP contribution in [0.25, 0.3) is 10.6 Å². The first-order valence-electron chi connectivity index (χ1n) is 4.10. The minimum atomic E-state index is -0.936. The molecule has 0 fully saturated rings. The highest BCUT2D eigenvalue weighted by atomic mass is 79.9. The number of aromatic carboxylic acids is 1. The molecule has 3 nitrogen and oxygen atoms in total. The van der Waals surface area contributed by atoms with Crippen LogP contribution in [-0.4, -0.2) is 16.1 Å². The number of hydrogen-bond acceptors (Lipinski definition) is 3. The van der Waals surface area contributed by atoms with Gasteiger partial charge in [0.2, 0.25) is 0 Å². The number of carboxylic acids is 1. The van der Waals surface area contributed by atoms with Gasteiger partial charge < -0.3 is 5.11 Å². The van der Waals surface area contributed by atoms with Gasteiger partial charge in [0.15, 0.2) is 0 Å². The monoisotopic (exact) mass is 283 g/mol. The third kappa shape index (κ3) is 2.24. The van der Waals surface area contributed by atoms with Crippen LogP contribution >= 0.6 is 27.3 Å². The third-order valence-corrected chi connectivity index (χ3v) is 3.54. The second-order valence-corrected chi connectivity index (χ2v) is 4.69. The molecule has 0 saturated carbocycles. The molecular weight excluding hydrogens is 278 g/mol. The highest BCUT2D eigenvalue weighted by Gasteiger charge is 2.07. The number of thiophene rings is 1. The first-order valence-corrected chi connectivity index (χ1v) is 5.78. The highest BCUT2D eigenvalue weighted by Crippen LogP contribution is 2.28. The fourth-order valence-electron chi connectivity index (χ4n) is 1.15. The van der Waals surface area contributed by atoms with Crippen LogP contribution in [0.5, 0.6) is 0 Å². The lowest BCUT2D eigenvalue weighted by Gasteiger charge is -1.97. The maximum atomic E-state index is 10.8. The van der Waals surface area contributed by atoms with E-state index >= 15 is 0 Å². The first-order chi connectivity index (χ1) is 7.16. The molecule has 0 amide bonds. The minimum absolute atomic E-state index is 0.254. The zero-order valence-electron chi connectivity index (χ0n) is 7.48. The van der Waals surface area contributed by atoms with Crippen molar-refractivity contribution >= 4 is 33.2 Å². The summed E-state index contributed by atoms with van der Waals surface area (Å²) in [5, 5.41) is 10.8. The van der Waals surface area contributed by atoms with E-state index in [1.807, 2.05) is 11.4 Å². The van der Waals surface area contributed by atoms with Crippen LogP contribution in [0.2, 0.25) is 0 Å². The Hall–Kier alpha value is -1.20. The smallest absolute Gasteiger partial charge is 0.335 e. The van der Waals surface area contributed by atoms with Gasteiger partial charge in [-0.25, -0.2) is 4.79 Å². The summed E-state index contributed by atoms with van der Waals surface area (Å²) >= 11 is 4.86. The lowest BCUT2D eigenvalue weighted by atomic mass is 10.2. The quantitative estimate of drug-likeness (QED) is 0.920. The first kappa shape index (κ1) is 10.3. The minimum Gasteiger partial charge on any atom is -0.478 e. The number of aromatic nitrogens is 1. The van der Waals surface area contributed by atoms with Crippen molar-refractivity contribution in [3.63, 3.8) is 0 Å². The SMILES string of the molecule is O=C(O)c1ccnc(-c2cc(Br)cs2)c1. The van der Waals surface area contributed by atoms with E-state index in [1.165, 1.54) is 23.6 Å². The predicted molar refractivity (Wildman–Crippen MR) is 62.2 cm³/mol. The Labute approximate surface area is 98.5 Å². The summed E-state index contributed by atoms with van der Waals surface area (Å²) in [6.45, 7) is 0. The molecule has 2 heterocycles. The van der Waals surface area contributed by atoms with Gasteiger partial charge in [-0.2, -0.15) is 0 Å². The predicted octanol–water partition coefficient (Wildman–Crippen LogP) is 3.27. The van der Waals surface area contributed by atoms with Crippen molar-refractivity contribution in [3.8, 4) is 10.6 Å². The molecule has 0 saturated heterocycles. The largest absolute Gasteiger partial charge is 0.478 e. The van der Waals surface area contributed by atoms with E-state index in [0.717, 1.165) is 9.35 Å². The number of halogens is 1. The summed E-state index contributed by atoms with van der Waals surface area (Å²) in [6, 6.07) is 4.97. The van der Waals surface area contributed by atoms with Crippen molar-refractivity contribution in [2.24, 2.45) is 0 Å². The summed E-state index contributed by atoms with van der Waals surface area (Å²) in [7, 11) is 0. The Kier molecular flexibility index (Phi) is 2.83. The van der Waals surface area contributed by atoms with Gasteiger partial charge >= 0.3 is 5.97 Å². The fourth-order valence-corrected chi connectivity index (χ4v) is 2.54. The summed E-state index contributed by atoms with van der Waals surface area (Å²) < 4.78 is 0.977. The molecule has 0 spiro atoms. The van der Waals surface area contributed by atoms with E-state index in [9.17, 15) is 4.79 Å². The van der Waals surface area contributed by atoms with Gasteiger partial charge in [-0.1, -0.05) is 0 Å². The molecule has 2 aromatic rings. The van der Waals surface area contributed by atoms with E-state index in [4.69, 9.17) is 5.11 Å². The molecule has 5 heteroatoms. The summed E-state index contributed by atoms with van der Waals surface area (Å²) in [4.78, 5) is 15.8. The highest BCUT2D eigenvalue weighted by molar-refractivity contribution is 9.10. The average Bonchev–Trinajstić information content (AvgIpc) is 2.65. The summed E-state index contributed by atoms with van der Waals surface area (Å²) in [6.07, 6.45) is 1.51. The van der Waals surface area contributed by atoms with E-state index in [0.29, 0.717) is 5.69 Å². The normalized spacial score (nSPS) is 10.2. The zero-order chi connectivity index (χ0) is 10.8. The fraction of sp³-hybridized carbons (Fsp3) is 0.